The molecule has 8 heteroatoms. The minimum atomic E-state index is -2.70. The van der Waals surface area contributed by atoms with Crippen LogP contribution in [0.15, 0.2) is 66.9 Å². The van der Waals surface area contributed by atoms with Gasteiger partial charge in [0, 0.05) is 41.7 Å². The smallest absolute Gasteiger partial charge is 0.320 e. The highest BCUT2D eigenvalue weighted by atomic mass is 19.3. The van der Waals surface area contributed by atoms with Crippen LogP contribution in [0, 0.1) is 12.7 Å². The number of piperidine rings is 1. The van der Waals surface area contributed by atoms with E-state index >= 15 is 4.39 Å². The van der Waals surface area contributed by atoms with Gasteiger partial charge in [0.15, 0.2) is 0 Å². The Kier molecular flexibility index (Phi) is 7.46. The molecule has 3 aromatic carbocycles. The Morgan fingerprint density at radius 1 is 1.03 bits per heavy atom. The van der Waals surface area contributed by atoms with Gasteiger partial charge in [-0.1, -0.05) is 55.8 Å². The van der Waals surface area contributed by atoms with E-state index in [2.05, 4.69) is 9.97 Å². The van der Waals surface area contributed by atoms with Crippen molar-refractivity contribution >= 4 is 27.8 Å². The highest BCUT2D eigenvalue weighted by Gasteiger charge is 2.31. The van der Waals surface area contributed by atoms with Crippen LogP contribution in [0.2, 0.25) is 0 Å². The number of fused-ring (bicyclic) bond motifs is 2. The van der Waals surface area contributed by atoms with Crippen LogP contribution in [0.5, 0.6) is 0 Å². The number of hydrogen-bond acceptors (Lipinski definition) is 2. The predicted molar refractivity (Wildman–Crippen MR) is 149 cm³/mol. The normalized spacial score (nSPS) is 14.2. The lowest BCUT2D eigenvalue weighted by molar-refractivity contribution is 0.0632. The Morgan fingerprint density at radius 2 is 1.77 bits per heavy atom. The summed E-state index contributed by atoms with van der Waals surface area (Å²) in [5.41, 5.74) is 4.57. The minimum Gasteiger partial charge on any atom is -0.361 e. The van der Waals surface area contributed by atoms with Gasteiger partial charge < -0.3 is 9.88 Å². The molecule has 3 heterocycles. The van der Waals surface area contributed by atoms with E-state index in [4.69, 9.17) is 0 Å². The number of hydrogen-bond donors (Lipinski definition) is 1. The lowest BCUT2D eigenvalue weighted by atomic mass is 9.95. The predicted octanol–water partition coefficient (Wildman–Crippen LogP) is 8.07. The topological polar surface area (TPSA) is 53.9 Å². The lowest BCUT2D eigenvalue weighted by Gasteiger charge is -2.32. The average Bonchev–Trinajstić information content (AvgIpc) is 3.55. The molecule has 1 aliphatic heterocycles. The maximum absolute atomic E-state index is 15.2. The molecule has 0 spiro atoms. The maximum atomic E-state index is 15.2. The van der Waals surface area contributed by atoms with Gasteiger partial charge in [-0.15, -0.1) is 0 Å². The summed E-state index contributed by atoms with van der Waals surface area (Å²) in [7, 11) is 0. The number of rotatable bonds is 4. The number of H-pyrrole nitrogens is 1. The molecule has 39 heavy (non-hydrogen) atoms. The molecular weight excluding hydrogens is 501 g/mol. The molecule has 2 aromatic heterocycles. The summed E-state index contributed by atoms with van der Waals surface area (Å²) in [4.78, 5) is 22.5. The van der Waals surface area contributed by atoms with Crippen LogP contribution in [-0.4, -0.2) is 38.4 Å². The fourth-order valence-electron chi connectivity index (χ4n) is 5.43. The molecule has 1 aliphatic rings. The number of likely N-dealkylation sites (tertiary alicyclic amines) is 1. The van der Waals surface area contributed by atoms with E-state index in [1.54, 1.807) is 35.2 Å². The molecule has 202 valence electrons. The number of nitrogens with one attached hydrogen (secondary N) is 1. The van der Waals surface area contributed by atoms with Crippen molar-refractivity contribution in [3.8, 4) is 11.1 Å². The van der Waals surface area contributed by atoms with Gasteiger partial charge in [-0.05, 0) is 49.6 Å². The summed E-state index contributed by atoms with van der Waals surface area (Å²) in [6, 6.07) is 17.8. The average molecular weight is 533 g/mol. The van der Waals surface area contributed by atoms with E-state index < -0.39 is 18.3 Å². The van der Waals surface area contributed by atoms with Gasteiger partial charge in [0.25, 0.3) is 5.91 Å². The van der Waals surface area contributed by atoms with Crippen molar-refractivity contribution in [2.45, 2.75) is 46.1 Å². The molecule has 1 N–H and O–H groups in total. The van der Waals surface area contributed by atoms with Crippen molar-refractivity contribution < 1.29 is 18.0 Å². The second-order valence-electron chi connectivity index (χ2n) is 9.62. The molecule has 5 aromatic rings. The van der Waals surface area contributed by atoms with E-state index in [0.717, 1.165) is 21.3 Å². The third-order valence-electron chi connectivity index (χ3n) is 7.29. The third kappa shape index (κ3) is 4.91. The van der Waals surface area contributed by atoms with E-state index in [-0.39, 0.29) is 11.5 Å². The van der Waals surface area contributed by atoms with Crippen LogP contribution in [0.25, 0.3) is 33.1 Å². The number of carbonyl (C=O) groups excluding carboxylic acids is 1. The van der Waals surface area contributed by atoms with Crippen molar-refractivity contribution in [2.75, 3.05) is 13.1 Å². The van der Waals surface area contributed by atoms with Gasteiger partial charge in [0.1, 0.15) is 11.6 Å². The number of halogens is 3. The van der Waals surface area contributed by atoms with Crippen LogP contribution >= 0.6 is 0 Å². The van der Waals surface area contributed by atoms with Crippen LogP contribution in [0.4, 0.5) is 13.2 Å². The van der Waals surface area contributed by atoms with E-state index in [1.807, 2.05) is 51.2 Å². The van der Waals surface area contributed by atoms with Gasteiger partial charge >= 0.3 is 6.55 Å². The molecule has 6 rings (SSSR count). The first-order valence-electron chi connectivity index (χ1n) is 13.3. The van der Waals surface area contributed by atoms with Gasteiger partial charge in [0.2, 0.25) is 0 Å². The van der Waals surface area contributed by atoms with E-state index in [0.29, 0.717) is 53.7 Å². The SMILES string of the molecule is CC.Cc1cccc(-c2c[nH]c3cc(C(=O)N4CCC(c5nc6ccccc6n5C(F)F)CC4)c(F)cc23)c1. The van der Waals surface area contributed by atoms with Crippen molar-refractivity contribution in [3.63, 3.8) is 0 Å². The van der Waals surface area contributed by atoms with Crippen molar-refractivity contribution in [2.24, 2.45) is 0 Å². The number of benzene rings is 3. The molecule has 0 saturated carbocycles. The molecule has 5 nitrogen and oxygen atoms in total. The van der Waals surface area contributed by atoms with Crippen LogP contribution in [0.3, 0.4) is 0 Å². The lowest BCUT2D eigenvalue weighted by Crippen LogP contribution is -2.38. The minimum absolute atomic E-state index is 0.00316. The number of alkyl halides is 2. The highest BCUT2D eigenvalue weighted by molar-refractivity contribution is 6.02. The molecular formula is C31H31F3N4O. The number of nitrogens with zero attached hydrogens (tertiary/aromatic N) is 3. The van der Waals surface area contributed by atoms with Crippen molar-refractivity contribution in [3.05, 3.63) is 89.6 Å². The quantitative estimate of drug-likeness (QED) is 0.254. The van der Waals surface area contributed by atoms with Gasteiger partial charge in [-0.25, -0.2) is 9.37 Å². The standard InChI is InChI=1S/C29H25F3N4O.C2H6/c1-17-5-4-6-19(13-17)22-16-33-25-15-21(23(30)14-20(22)25)28(37)35-11-9-18(10-12-35)27-34-24-7-2-3-8-26(24)36(27)29(31)32;1-2/h2-8,13-16,18,29,33H,9-12H2,1H3;1-2H3. The molecule has 0 atom stereocenters. The van der Waals surface area contributed by atoms with E-state index in [1.165, 1.54) is 6.07 Å². The summed E-state index contributed by atoms with van der Waals surface area (Å²) in [5, 5.41) is 0.712. The molecule has 0 radical (unpaired) electrons. The molecule has 1 amide bonds. The van der Waals surface area contributed by atoms with Crippen LogP contribution in [0.1, 0.15) is 60.9 Å². The zero-order chi connectivity index (χ0) is 27.7. The van der Waals surface area contributed by atoms with Gasteiger partial charge in [-0.2, -0.15) is 8.78 Å². The second kappa shape index (κ2) is 11.0. The van der Waals surface area contributed by atoms with E-state index in [9.17, 15) is 13.6 Å². The summed E-state index contributed by atoms with van der Waals surface area (Å²) in [5.74, 6) is -0.844. The Bertz CT molecular complexity index is 1630. The number of para-hydroxylation sites is 2. The van der Waals surface area contributed by atoms with Crippen molar-refractivity contribution in [1.82, 2.24) is 19.4 Å². The summed E-state index contributed by atoms with van der Waals surface area (Å²) < 4.78 is 44.0. The largest absolute Gasteiger partial charge is 0.361 e. The monoisotopic (exact) mass is 532 g/mol. The summed E-state index contributed by atoms with van der Waals surface area (Å²) in [6.45, 7) is 3.98. The van der Waals surface area contributed by atoms with Gasteiger partial charge in [-0.3, -0.25) is 9.36 Å². The zero-order valence-electron chi connectivity index (χ0n) is 22.2. The second-order valence-corrected chi connectivity index (χ2v) is 9.62. The Labute approximate surface area is 225 Å². The molecule has 1 fully saturated rings. The number of aryl methyl sites for hydroxylation is 1. The Morgan fingerprint density at radius 3 is 2.49 bits per heavy atom. The molecule has 0 aliphatic carbocycles. The summed E-state index contributed by atoms with van der Waals surface area (Å²) >= 11 is 0. The van der Waals surface area contributed by atoms with Gasteiger partial charge in [0.05, 0.1) is 16.6 Å². The molecule has 1 saturated heterocycles. The highest BCUT2D eigenvalue weighted by Crippen LogP contribution is 2.35. The molecule has 0 unspecified atom stereocenters. The summed E-state index contributed by atoms with van der Waals surface area (Å²) in [6.07, 6.45) is 2.78. The molecule has 0 bridgehead atoms. The first kappa shape index (κ1) is 26.5. The fourth-order valence-corrected chi connectivity index (χ4v) is 5.43. The van der Waals surface area contributed by atoms with Crippen molar-refractivity contribution in [1.29, 1.82) is 0 Å². The van der Waals surface area contributed by atoms with Crippen LogP contribution < -0.4 is 0 Å². The zero-order valence-corrected chi connectivity index (χ0v) is 22.2. The number of carbonyl (C=O) groups is 1. The number of aromatic nitrogens is 3. The Hall–Kier alpha value is -4.07. The van der Waals surface area contributed by atoms with Crippen LogP contribution in [-0.2, 0) is 0 Å². The number of imidazole rings is 1. The number of aromatic amines is 1. The Balaban J connectivity index is 0.00000151. The fraction of sp³-hybridized carbons (Fsp3) is 0.290. The first-order valence-corrected chi connectivity index (χ1v) is 13.3. The third-order valence-corrected chi connectivity index (χ3v) is 7.29. The first-order chi connectivity index (χ1) is 18.9. The maximum Gasteiger partial charge on any atom is 0.320 e. The number of amides is 1.